The third-order valence-electron chi connectivity index (χ3n) is 4.41. The van der Waals surface area contributed by atoms with Crippen molar-refractivity contribution in [3.05, 3.63) is 61.8 Å². The Balaban J connectivity index is 1.51. The van der Waals surface area contributed by atoms with Gasteiger partial charge in [-0.25, -0.2) is 0 Å². The van der Waals surface area contributed by atoms with E-state index in [0.29, 0.717) is 22.0 Å². The zero-order valence-corrected chi connectivity index (χ0v) is 14.6. The number of aromatic amines is 1. The summed E-state index contributed by atoms with van der Waals surface area (Å²) in [5.74, 6) is 0.212. The molecule has 26 heavy (non-hydrogen) atoms. The Hall–Kier alpha value is -3.00. The summed E-state index contributed by atoms with van der Waals surface area (Å²) < 4.78 is 0. The summed E-state index contributed by atoms with van der Waals surface area (Å²) in [6.45, 7) is 0. The number of anilines is 1. The number of nitrogens with zero attached hydrogens (tertiary/aromatic N) is 2. The molecule has 4 rings (SSSR count). The second-order valence-electron chi connectivity index (χ2n) is 6.19. The average molecular weight is 368 g/mol. The van der Waals surface area contributed by atoms with Crippen molar-refractivity contribution in [1.82, 2.24) is 10.2 Å². The van der Waals surface area contributed by atoms with Crippen molar-refractivity contribution in [3.63, 3.8) is 0 Å². The summed E-state index contributed by atoms with van der Waals surface area (Å²) in [6, 6.07) is 9.91. The van der Waals surface area contributed by atoms with E-state index in [2.05, 4.69) is 15.5 Å². The number of hydrogen-bond donors (Lipinski definition) is 2. The molecule has 0 spiro atoms. The van der Waals surface area contributed by atoms with Gasteiger partial charge in [-0.05, 0) is 37.3 Å². The summed E-state index contributed by atoms with van der Waals surface area (Å²) in [5, 5.41) is 20.6. The Bertz CT molecular complexity index is 968. The van der Waals surface area contributed by atoms with E-state index in [1.165, 1.54) is 35.4 Å². The maximum Gasteiger partial charge on any atom is 0.270 e. The zero-order chi connectivity index (χ0) is 18.1. The molecular weight excluding hydrogens is 352 g/mol. The van der Waals surface area contributed by atoms with Crippen LogP contribution in [0.3, 0.4) is 0 Å². The standard InChI is InChI=1S/C18H16N4O3S/c23-18(16-9-12-4-1-2-7-15(12)26-16)19-17-10-14(20-21-17)11-5-3-6-13(8-11)22(24)25/h3,5-6,8-10H,1-2,4,7H2,(H2,19,20,21,23). The molecule has 1 aliphatic rings. The fourth-order valence-corrected chi connectivity index (χ4v) is 4.25. The van der Waals surface area contributed by atoms with E-state index in [9.17, 15) is 14.9 Å². The number of fused-ring (bicyclic) bond motifs is 1. The van der Waals surface area contributed by atoms with E-state index in [0.717, 1.165) is 12.8 Å². The lowest BCUT2D eigenvalue weighted by Crippen LogP contribution is -2.10. The highest BCUT2D eigenvalue weighted by Gasteiger charge is 2.18. The van der Waals surface area contributed by atoms with Crippen LogP contribution in [0.15, 0.2) is 36.4 Å². The summed E-state index contributed by atoms with van der Waals surface area (Å²) in [4.78, 5) is 24.9. The van der Waals surface area contributed by atoms with Crippen molar-refractivity contribution in [2.45, 2.75) is 25.7 Å². The summed E-state index contributed by atoms with van der Waals surface area (Å²) >= 11 is 1.55. The molecule has 0 radical (unpaired) electrons. The van der Waals surface area contributed by atoms with Crippen molar-refractivity contribution in [2.75, 3.05) is 5.32 Å². The molecule has 0 bridgehead atoms. The number of hydrogen-bond acceptors (Lipinski definition) is 5. The largest absolute Gasteiger partial charge is 0.304 e. The molecular formula is C18H16N4O3S. The number of aromatic nitrogens is 2. The SMILES string of the molecule is O=C(Nc1cc(-c2cccc([N+](=O)[O-])c2)[nH]n1)c1cc2c(s1)CCCC2. The van der Waals surface area contributed by atoms with Crippen molar-refractivity contribution < 1.29 is 9.72 Å². The number of H-pyrrole nitrogens is 1. The van der Waals surface area contributed by atoms with Gasteiger partial charge in [0.1, 0.15) is 0 Å². The van der Waals surface area contributed by atoms with E-state index >= 15 is 0 Å². The van der Waals surface area contributed by atoms with Gasteiger partial charge < -0.3 is 5.32 Å². The highest BCUT2D eigenvalue weighted by Crippen LogP contribution is 2.30. The molecule has 2 aromatic heterocycles. The lowest BCUT2D eigenvalue weighted by Gasteiger charge is -2.08. The van der Waals surface area contributed by atoms with Gasteiger partial charge in [0.15, 0.2) is 5.82 Å². The predicted molar refractivity (Wildman–Crippen MR) is 99.6 cm³/mol. The Labute approximate surface area is 153 Å². The lowest BCUT2D eigenvalue weighted by molar-refractivity contribution is -0.384. The molecule has 1 aliphatic carbocycles. The normalized spacial score (nSPS) is 13.2. The average Bonchev–Trinajstić information content (AvgIpc) is 3.28. The molecule has 8 heteroatoms. The number of nitrogens with one attached hydrogen (secondary N) is 2. The first-order valence-corrected chi connectivity index (χ1v) is 9.15. The first kappa shape index (κ1) is 16.5. The van der Waals surface area contributed by atoms with Crippen molar-refractivity contribution in [3.8, 4) is 11.3 Å². The van der Waals surface area contributed by atoms with Crippen LogP contribution in [-0.4, -0.2) is 21.0 Å². The molecule has 2 heterocycles. The molecule has 2 N–H and O–H groups in total. The van der Waals surface area contributed by atoms with Crippen LogP contribution in [-0.2, 0) is 12.8 Å². The van der Waals surface area contributed by atoms with Gasteiger partial charge in [-0.3, -0.25) is 20.0 Å². The third-order valence-corrected chi connectivity index (χ3v) is 5.64. The Morgan fingerprint density at radius 3 is 2.88 bits per heavy atom. The minimum absolute atomic E-state index is 0.00634. The number of carbonyl (C=O) groups is 1. The second kappa shape index (κ2) is 6.72. The van der Waals surface area contributed by atoms with Gasteiger partial charge in [0, 0.05) is 28.6 Å². The number of carbonyl (C=O) groups excluding carboxylic acids is 1. The summed E-state index contributed by atoms with van der Waals surface area (Å²) in [7, 11) is 0. The molecule has 1 amide bonds. The van der Waals surface area contributed by atoms with E-state index in [1.807, 2.05) is 6.07 Å². The Kier molecular flexibility index (Phi) is 4.26. The molecule has 0 unspecified atom stereocenters. The zero-order valence-electron chi connectivity index (χ0n) is 13.8. The molecule has 0 fully saturated rings. The van der Waals surface area contributed by atoms with Crippen LogP contribution in [0.25, 0.3) is 11.3 Å². The Morgan fingerprint density at radius 1 is 1.23 bits per heavy atom. The lowest BCUT2D eigenvalue weighted by atomic mass is 9.99. The number of nitro benzene ring substituents is 1. The third kappa shape index (κ3) is 3.23. The van der Waals surface area contributed by atoms with Crippen LogP contribution in [0, 0.1) is 10.1 Å². The van der Waals surface area contributed by atoms with Crippen LogP contribution in [0.2, 0.25) is 0 Å². The number of thiophene rings is 1. The first-order chi connectivity index (χ1) is 12.6. The fourth-order valence-electron chi connectivity index (χ4n) is 3.10. The van der Waals surface area contributed by atoms with E-state index in [1.54, 1.807) is 29.5 Å². The van der Waals surface area contributed by atoms with E-state index < -0.39 is 4.92 Å². The van der Waals surface area contributed by atoms with Gasteiger partial charge >= 0.3 is 0 Å². The van der Waals surface area contributed by atoms with E-state index in [4.69, 9.17) is 0 Å². The predicted octanol–water partition coefficient (Wildman–Crippen LogP) is 4.18. The molecule has 0 saturated carbocycles. The molecule has 1 aromatic carbocycles. The van der Waals surface area contributed by atoms with Crippen molar-refractivity contribution >= 4 is 28.7 Å². The number of nitro groups is 1. The monoisotopic (exact) mass is 368 g/mol. The van der Waals surface area contributed by atoms with Crippen LogP contribution < -0.4 is 5.32 Å². The topological polar surface area (TPSA) is 101 Å². The molecule has 7 nitrogen and oxygen atoms in total. The maximum absolute atomic E-state index is 12.5. The molecule has 132 valence electrons. The smallest absolute Gasteiger partial charge is 0.270 e. The van der Waals surface area contributed by atoms with Gasteiger partial charge in [0.2, 0.25) is 0 Å². The number of aryl methyl sites for hydroxylation is 2. The number of non-ortho nitro benzene ring substituents is 1. The van der Waals surface area contributed by atoms with Crippen LogP contribution >= 0.6 is 11.3 Å². The molecule has 3 aromatic rings. The van der Waals surface area contributed by atoms with Crippen molar-refractivity contribution in [1.29, 1.82) is 0 Å². The summed E-state index contributed by atoms with van der Waals surface area (Å²) in [6.07, 6.45) is 4.45. The van der Waals surface area contributed by atoms with Gasteiger partial charge in [-0.1, -0.05) is 12.1 Å². The maximum atomic E-state index is 12.5. The number of rotatable bonds is 4. The number of benzene rings is 1. The van der Waals surface area contributed by atoms with Gasteiger partial charge in [0.25, 0.3) is 11.6 Å². The van der Waals surface area contributed by atoms with E-state index in [-0.39, 0.29) is 11.6 Å². The van der Waals surface area contributed by atoms with Crippen LogP contribution in [0.5, 0.6) is 0 Å². The quantitative estimate of drug-likeness (QED) is 0.533. The highest BCUT2D eigenvalue weighted by molar-refractivity contribution is 7.14. The molecule has 0 saturated heterocycles. The van der Waals surface area contributed by atoms with Crippen LogP contribution in [0.1, 0.15) is 33.0 Å². The summed E-state index contributed by atoms with van der Waals surface area (Å²) in [5.41, 5.74) is 2.53. The van der Waals surface area contributed by atoms with Gasteiger partial charge in [-0.15, -0.1) is 11.3 Å². The minimum Gasteiger partial charge on any atom is -0.304 e. The van der Waals surface area contributed by atoms with Crippen LogP contribution in [0.4, 0.5) is 11.5 Å². The molecule has 0 aliphatic heterocycles. The molecule has 0 atom stereocenters. The second-order valence-corrected chi connectivity index (χ2v) is 7.33. The highest BCUT2D eigenvalue weighted by atomic mass is 32.1. The van der Waals surface area contributed by atoms with Gasteiger partial charge in [0.05, 0.1) is 15.5 Å². The van der Waals surface area contributed by atoms with Crippen molar-refractivity contribution in [2.24, 2.45) is 0 Å². The van der Waals surface area contributed by atoms with Gasteiger partial charge in [-0.2, -0.15) is 5.10 Å². The minimum atomic E-state index is -0.443. The Morgan fingerprint density at radius 2 is 2.08 bits per heavy atom. The first-order valence-electron chi connectivity index (χ1n) is 8.33. The fraction of sp³-hybridized carbons (Fsp3) is 0.222. The number of amides is 1.